The Kier molecular flexibility index (Phi) is 44.5. The summed E-state index contributed by atoms with van der Waals surface area (Å²) in [5, 5.41) is 8.92. The minimum Gasteiger partial charge on any atom is -0.480 e. The molecule has 0 heterocycles. The van der Waals surface area contributed by atoms with Crippen molar-refractivity contribution >= 4 is 25.7 Å². The highest BCUT2D eigenvalue weighted by molar-refractivity contribution is 7.47. The molecule has 11 nitrogen and oxygen atoms in total. The number of ether oxygens (including phenoxy) is 2. The van der Waals surface area contributed by atoms with Crippen LogP contribution in [0, 0.1) is 0 Å². The van der Waals surface area contributed by atoms with Crippen LogP contribution in [-0.4, -0.2) is 59.9 Å². The summed E-state index contributed by atoms with van der Waals surface area (Å²) in [7, 11) is -4.72. The van der Waals surface area contributed by atoms with Gasteiger partial charge in [0.25, 0.3) is 0 Å². The summed E-state index contributed by atoms with van der Waals surface area (Å²) < 4.78 is 32.9. The third-order valence-electron chi connectivity index (χ3n) is 11.5. The number of phosphoric acid groups is 1. The van der Waals surface area contributed by atoms with Crippen LogP contribution in [0.1, 0.15) is 258 Å². The first-order valence-electron chi connectivity index (χ1n) is 25.7. The third kappa shape index (κ3) is 44.8. The number of rotatable bonds is 49. The normalized spacial score (nSPS) is 13.6. The zero-order valence-electron chi connectivity index (χ0n) is 40.0. The lowest BCUT2D eigenvalue weighted by molar-refractivity contribution is -0.161. The average molecular weight is 902 g/mol. The van der Waals surface area contributed by atoms with Crippen molar-refractivity contribution in [2.45, 2.75) is 270 Å². The Morgan fingerprint density at radius 2 is 0.806 bits per heavy atom. The Morgan fingerprint density at radius 3 is 1.18 bits per heavy atom. The number of hydrogen-bond donors (Lipinski definition) is 3. The van der Waals surface area contributed by atoms with Gasteiger partial charge >= 0.3 is 25.7 Å². The Morgan fingerprint density at radius 1 is 0.484 bits per heavy atom. The van der Waals surface area contributed by atoms with Crippen molar-refractivity contribution in [1.82, 2.24) is 0 Å². The molecule has 0 aliphatic carbocycles. The molecule has 1 unspecified atom stereocenters. The van der Waals surface area contributed by atoms with E-state index in [1.807, 2.05) is 0 Å². The molecule has 366 valence electrons. The molecule has 12 heteroatoms. The van der Waals surface area contributed by atoms with E-state index in [9.17, 15) is 23.8 Å². The molecule has 0 radical (unpaired) electrons. The van der Waals surface area contributed by atoms with E-state index in [0.29, 0.717) is 12.8 Å². The van der Waals surface area contributed by atoms with Gasteiger partial charge in [-0.15, -0.1) is 0 Å². The Hall–Kier alpha value is -1.78. The lowest BCUT2D eigenvalue weighted by Crippen LogP contribution is -2.34. The van der Waals surface area contributed by atoms with Gasteiger partial charge in [-0.1, -0.05) is 219 Å². The van der Waals surface area contributed by atoms with Gasteiger partial charge in [-0.25, -0.2) is 4.57 Å². The maximum atomic E-state index is 12.7. The molecule has 0 aromatic rings. The van der Waals surface area contributed by atoms with Gasteiger partial charge in [0.1, 0.15) is 12.6 Å². The van der Waals surface area contributed by atoms with Crippen LogP contribution in [0.4, 0.5) is 0 Å². The molecule has 0 spiro atoms. The van der Waals surface area contributed by atoms with Gasteiger partial charge < -0.3 is 25.2 Å². The van der Waals surface area contributed by atoms with Gasteiger partial charge in [0.2, 0.25) is 0 Å². The predicted molar refractivity (Wildman–Crippen MR) is 254 cm³/mol. The predicted octanol–water partition coefficient (Wildman–Crippen LogP) is 14.4. The highest BCUT2D eigenvalue weighted by Crippen LogP contribution is 2.43. The molecule has 0 saturated heterocycles. The molecule has 0 fully saturated rings. The molecule has 3 atom stereocenters. The maximum absolute atomic E-state index is 12.7. The van der Waals surface area contributed by atoms with E-state index in [-0.39, 0.29) is 19.4 Å². The van der Waals surface area contributed by atoms with E-state index >= 15 is 0 Å². The minimum absolute atomic E-state index is 0.164. The molecular weight excluding hydrogens is 806 g/mol. The van der Waals surface area contributed by atoms with Crippen molar-refractivity contribution in [3.63, 3.8) is 0 Å². The molecule has 4 N–H and O–H groups in total. The topological polar surface area (TPSA) is 172 Å². The number of unbranched alkanes of at least 4 members (excludes halogenated alkanes) is 33. The van der Waals surface area contributed by atoms with Crippen LogP contribution < -0.4 is 5.73 Å². The van der Waals surface area contributed by atoms with Gasteiger partial charge in [-0.05, 0) is 38.5 Å². The van der Waals surface area contributed by atoms with E-state index in [0.717, 1.165) is 38.5 Å². The van der Waals surface area contributed by atoms with E-state index in [4.69, 9.17) is 24.8 Å². The first kappa shape index (κ1) is 60.2. The number of hydrogen-bond acceptors (Lipinski definition) is 9. The van der Waals surface area contributed by atoms with Crippen molar-refractivity contribution in [1.29, 1.82) is 0 Å². The van der Waals surface area contributed by atoms with Gasteiger partial charge in [-0.3, -0.25) is 23.4 Å². The largest absolute Gasteiger partial charge is 0.480 e. The van der Waals surface area contributed by atoms with Crippen molar-refractivity contribution in [2.24, 2.45) is 5.73 Å². The maximum Gasteiger partial charge on any atom is 0.472 e. The summed E-state index contributed by atoms with van der Waals surface area (Å²) in [4.78, 5) is 46.2. The fourth-order valence-corrected chi connectivity index (χ4v) is 8.25. The highest BCUT2D eigenvalue weighted by atomic mass is 31.2. The Bertz CT molecular complexity index is 1110. The van der Waals surface area contributed by atoms with Crippen LogP contribution in [-0.2, 0) is 37.5 Å². The third-order valence-corrected chi connectivity index (χ3v) is 12.5. The summed E-state index contributed by atoms with van der Waals surface area (Å²) >= 11 is 0. The second-order valence-corrected chi connectivity index (χ2v) is 19.1. The molecular formula is C50H96NO10P. The summed E-state index contributed by atoms with van der Waals surface area (Å²) in [6, 6.07) is -1.52. The van der Waals surface area contributed by atoms with Crippen LogP contribution in [0.25, 0.3) is 0 Å². The number of nitrogens with two attached hydrogens (primary N) is 1. The van der Waals surface area contributed by atoms with Crippen LogP contribution in [0.2, 0.25) is 0 Å². The first-order valence-corrected chi connectivity index (χ1v) is 27.2. The summed E-state index contributed by atoms with van der Waals surface area (Å²) in [6.07, 6.45) is 48.4. The van der Waals surface area contributed by atoms with E-state index in [1.165, 1.54) is 180 Å². The lowest BCUT2D eigenvalue weighted by atomic mass is 10.0. The van der Waals surface area contributed by atoms with Crippen LogP contribution >= 0.6 is 7.82 Å². The van der Waals surface area contributed by atoms with Crippen molar-refractivity contribution < 1.29 is 47.5 Å². The number of aliphatic carboxylic acids is 1. The molecule has 0 saturated carbocycles. The number of carboxylic acids is 1. The zero-order chi connectivity index (χ0) is 45.6. The highest BCUT2D eigenvalue weighted by Gasteiger charge is 2.28. The van der Waals surface area contributed by atoms with Crippen molar-refractivity contribution in [2.75, 3.05) is 19.8 Å². The molecule has 0 aliphatic heterocycles. The standard InChI is InChI=1S/C50H96NO10P/c1-3-5-7-9-11-13-15-17-19-21-23-25-27-29-31-33-35-37-39-41-48(52)58-43-46(44-59-62(56,57)60-45-47(51)50(54)55)61-49(53)42-40-38-36-34-32-30-28-26-24-22-20-18-16-14-12-10-8-6-4-2/h18,20,46-47H,3-17,19,21-45,51H2,1-2H3,(H,54,55)(H,56,57)/b20-18+/t46-,47+/m1/s1. The molecule has 0 aromatic heterocycles. The molecule has 0 amide bonds. The zero-order valence-corrected chi connectivity index (χ0v) is 40.9. The lowest BCUT2D eigenvalue weighted by Gasteiger charge is -2.20. The number of carbonyl (C=O) groups excluding carboxylic acids is 2. The van der Waals surface area contributed by atoms with Crippen molar-refractivity contribution in [3.8, 4) is 0 Å². The minimum atomic E-state index is -4.72. The monoisotopic (exact) mass is 902 g/mol. The van der Waals surface area contributed by atoms with Crippen LogP contribution in [0.3, 0.4) is 0 Å². The van der Waals surface area contributed by atoms with E-state index < -0.39 is 51.1 Å². The fourth-order valence-electron chi connectivity index (χ4n) is 7.47. The molecule has 0 aromatic carbocycles. The molecule has 0 bridgehead atoms. The Labute approximate surface area is 379 Å². The van der Waals surface area contributed by atoms with Gasteiger partial charge in [0.05, 0.1) is 13.2 Å². The Balaban J connectivity index is 4.21. The summed E-state index contributed by atoms with van der Waals surface area (Å²) in [5.74, 6) is -2.36. The summed E-state index contributed by atoms with van der Waals surface area (Å²) in [5.41, 5.74) is 5.35. The van der Waals surface area contributed by atoms with Crippen molar-refractivity contribution in [3.05, 3.63) is 12.2 Å². The van der Waals surface area contributed by atoms with Gasteiger partial charge in [0, 0.05) is 12.8 Å². The second kappa shape index (κ2) is 45.8. The number of esters is 2. The number of carbonyl (C=O) groups is 3. The number of allylic oxidation sites excluding steroid dienone is 2. The van der Waals surface area contributed by atoms with E-state index in [2.05, 4.69) is 30.5 Å². The summed E-state index contributed by atoms with van der Waals surface area (Å²) in [6.45, 7) is 2.85. The molecule has 0 rings (SSSR count). The SMILES string of the molecule is CCCCCCCC/C=C/CCCCCCCCCCCC(=O)O[C@H](COC(=O)CCCCCCCCCCCCCCCCCCCCC)COP(=O)(O)OC[C@H](N)C(=O)O. The quantitative estimate of drug-likeness (QED) is 0.0230. The molecule has 62 heavy (non-hydrogen) atoms. The first-order chi connectivity index (χ1) is 30.1. The van der Waals surface area contributed by atoms with E-state index in [1.54, 1.807) is 0 Å². The number of carboxylic acid groups (broad SMARTS) is 1. The van der Waals surface area contributed by atoms with Crippen LogP contribution in [0.5, 0.6) is 0 Å². The second-order valence-electron chi connectivity index (χ2n) is 17.7. The average Bonchev–Trinajstić information content (AvgIpc) is 3.25. The fraction of sp³-hybridized carbons (Fsp3) is 0.900. The van der Waals surface area contributed by atoms with Gasteiger partial charge in [0.15, 0.2) is 6.10 Å². The number of phosphoric ester groups is 1. The smallest absolute Gasteiger partial charge is 0.472 e. The van der Waals surface area contributed by atoms with Crippen LogP contribution in [0.15, 0.2) is 12.2 Å². The van der Waals surface area contributed by atoms with Gasteiger partial charge in [-0.2, -0.15) is 0 Å². The molecule has 0 aliphatic rings.